The minimum atomic E-state index is -1.04. The number of nitrogens with zero attached hydrogens (tertiary/aromatic N) is 2. The third kappa shape index (κ3) is 3.38. The molecule has 0 aliphatic heterocycles. The molecule has 0 fully saturated rings. The summed E-state index contributed by atoms with van der Waals surface area (Å²) >= 11 is 5.92. The molecule has 7 heteroatoms. The Bertz CT molecular complexity index is 949. The molecule has 1 amide bonds. The molecule has 0 aliphatic rings. The first-order valence-corrected chi connectivity index (χ1v) is 7.57. The van der Waals surface area contributed by atoms with Gasteiger partial charge < -0.3 is 14.8 Å². The lowest BCUT2D eigenvalue weighted by atomic mass is 10.1. The van der Waals surface area contributed by atoms with Crippen LogP contribution in [0.25, 0.3) is 5.65 Å². The predicted molar refractivity (Wildman–Crippen MR) is 90.7 cm³/mol. The maximum atomic E-state index is 12.2. The lowest BCUT2D eigenvalue weighted by Crippen LogP contribution is -2.16. The van der Waals surface area contributed by atoms with E-state index in [0.29, 0.717) is 22.1 Å². The minimum Gasteiger partial charge on any atom is -0.478 e. The van der Waals surface area contributed by atoms with Gasteiger partial charge in [-0.05, 0) is 36.8 Å². The quantitative estimate of drug-likeness (QED) is 0.762. The standard InChI is InChI=1S/C17H14ClN3O3/c1-10-2-3-11(17(23)24)6-14(10)20-16(22)7-13-9-21-8-12(18)4-5-15(21)19-13/h2-6,8-9H,7H2,1H3,(H,20,22)(H,23,24). The van der Waals surface area contributed by atoms with Crippen molar-refractivity contribution in [2.75, 3.05) is 5.32 Å². The lowest BCUT2D eigenvalue weighted by Gasteiger charge is -2.08. The van der Waals surface area contributed by atoms with E-state index in [4.69, 9.17) is 16.7 Å². The average Bonchev–Trinajstić information content (AvgIpc) is 2.90. The summed E-state index contributed by atoms with van der Waals surface area (Å²) in [5.74, 6) is -1.31. The Morgan fingerprint density at radius 1 is 1.25 bits per heavy atom. The van der Waals surface area contributed by atoms with Crippen molar-refractivity contribution in [1.82, 2.24) is 9.38 Å². The maximum absolute atomic E-state index is 12.2. The van der Waals surface area contributed by atoms with E-state index < -0.39 is 5.97 Å². The highest BCUT2D eigenvalue weighted by Gasteiger charge is 2.11. The zero-order valence-electron chi connectivity index (χ0n) is 12.8. The Hall–Kier alpha value is -2.86. The highest BCUT2D eigenvalue weighted by Crippen LogP contribution is 2.18. The van der Waals surface area contributed by atoms with Gasteiger partial charge in [-0.2, -0.15) is 0 Å². The third-order valence-electron chi connectivity index (χ3n) is 3.57. The molecule has 0 spiro atoms. The Balaban J connectivity index is 1.77. The fourth-order valence-electron chi connectivity index (χ4n) is 2.35. The van der Waals surface area contributed by atoms with Gasteiger partial charge in [-0.1, -0.05) is 17.7 Å². The van der Waals surface area contributed by atoms with Crippen molar-refractivity contribution in [3.63, 3.8) is 0 Å². The van der Waals surface area contributed by atoms with Crippen LogP contribution in [0.15, 0.2) is 42.7 Å². The van der Waals surface area contributed by atoms with Gasteiger partial charge in [0.15, 0.2) is 0 Å². The van der Waals surface area contributed by atoms with Crippen molar-refractivity contribution < 1.29 is 14.7 Å². The van der Waals surface area contributed by atoms with Gasteiger partial charge in [0.1, 0.15) is 5.65 Å². The minimum absolute atomic E-state index is 0.0794. The first-order chi connectivity index (χ1) is 11.4. The number of rotatable bonds is 4. The Kier molecular flexibility index (Phi) is 4.22. The van der Waals surface area contributed by atoms with Crippen LogP contribution in [0, 0.1) is 6.92 Å². The summed E-state index contributed by atoms with van der Waals surface area (Å²) in [6.45, 7) is 1.80. The summed E-state index contributed by atoms with van der Waals surface area (Å²) in [7, 11) is 0. The van der Waals surface area contributed by atoms with Crippen LogP contribution in [0.3, 0.4) is 0 Å². The van der Waals surface area contributed by atoms with E-state index in [0.717, 1.165) is 5.56 Å². The second-order valence-electron chi connectivity index (χ2n) is 5.40. The Labute approximate surface area is 142 Å². The number of hydrogen-bond donors (Lipinski definition) is 2. The van der Waals surface area contributed by atoms with Gasteiger partial charge in [0.05, 0.1) is 22.7 Å². The van der Waals surface area contributed by atoms with Crippen molar-refractivity contribution in [1.29, 1.82) is 0 Å². The molecular weight excluding hydrogens is 330 g/mol. The van der Waals surface area contributed by atoms with Gasteiger partial charge >= 0.3 is 5.97 Å². The molecule has 0 saturated carbocycles. The summed E-state index contributed by atoms with van der Waals surface area (Å²) in [5, 5.41) is 12.3. The van der Waals surface area contributed by atoms with Crippen molar-refractivity contribution in [2.45, 2.75) is 13.3 Å². The number of aromatic nitrogens is 2. The van der Waals surface area contributed by atoms with Crippen molar-refractivity contribution in [2.24, 2.45) is 0 Å². The van der Waals surface area contributed by atoms with E-state index in [-0.39, 0.29) is 17.9 Å². The SMILES string of the molecule is Cc1ccc(C(=O)O)cc1NC(=O)Cc1cn2cc(Cl)ccc2n1. The highest BCUT2D eigenvalue weighted by atomic mass is 35.5. The second-order valence-corrected chi connectivity index (χ2v) is 5.84. The van der Waals surface area contributed by atoms with Crippen LogP contribution >= 0.6 is 11.6 Å². The van der Waals surface area contributed by atoms with E-state index in [1.54, 1.807) is 41.9 Å². The number of anilines is 1. The molecule has 0 bridgehead atoms. The van der Waals surface area contributed by atoms with Gasteiger partial charge in [0, 0.05) is 18.1 Å². The van der Waals surface area contributed by atoms with Crippen LogP contribution in [0.4, 0.5) is 5.69 Å². The number of carboxylic acids is 1. The molecular formula is C17H14ClN3O3. The molecule has 2 N–H and O–H groups in total. The van der Waals surface area contributed by atoms with Crippen LogP contribution in [0.2, 0.25) is 5.02 Å². The number of nitrogens with one attached hydrogen (secondary N) is 1. The van der Waals surface area contributed by atoms with Crippen molar-refractivity contribution in [3.05, 3.63) is 64.6 Å². The number of aryl methyl sites for hydroxylation is 1. The molecule has 3 rings (SSSR count). The number of benzene rings is 1. The van der Waals surface area contributed by atoms with Crippen molar-refractivity contribution >= 4 is 34.8 Å². The van der Waals surface area contributed by atoms with Gasteiger partial charge in [0.25, 0.3) is 0 Å². The molecule has 0 atom stereocenters. The molecule has 2 aromatic heterocycles. The number of carbonyl (C=O) groups excluding carboxylic acids is 1. The molecule has 0 saturated heterocycles. The number of halogens is 1. The maximum Gasteiger partial charge on any atom is 0.335 e. The van der Waals surface area contributed by atoms with Crippen LogP contribution in [-0.4, -0.2) is 26.4 Å². The summed E-state index contributed by atoms with van der Waals surface area (Å²) in [5.41, 5.74) is 2.69. The normalized spacial score (nSPS) is 10.8. The number of hydrogen-bond acceptors (Lipinski definition) is 3. The summed E-state index contributed by atoms with van der Waals surface area (Å²) in [6.07, 6.45) is 3.53. The molecule has 122 valence electrons. The molecule has 6 nitrogen and oxygen atoms in total. The van der Waals surface area contributed by atoms with E-state index in [9.17, 15) is 9.59 Å². The Morgan fingerprint density at radius 2 is 2.04 bits per heavy atom. The van der Waals surface area contributed by atoms with Gasteiger partial charge in [-0.15, -0.1) is 0 Å². The fourth-order valence-corrected chi connectivity index (χ4v) is 2.52. The molecule has 0 aliphatic carbocycles. The number of carboxylic acid groups (broad SMARTS) is 1. The number of fused-ring (bicyclic) bond motifs is 1. The third-order valence-corrected chi connectivity index (χ3v) is 3.79. The highest BCUT2D eigenvalue weighted by molar-refractivity contribution is 6.30. The average molecular weight is 344 g/mol. The predicted octanol–water partition coefficient (Wildman–Crippen LogP) is 3.18. The topological polar surface area (TPSA) is 83.7 Å². The molecule has 3 aromatic rings. The zero-order valence-corrected chi connectivity index (χ0v) is 13.5. The first-order valence-electron chi connectivity index (χ1n) is 7.19. The molecule has 0 radical (unpaired) electrons. The van der Waals surface area contributed by atoms with Gasteiger partial charge in [-0.3, -0.25) is 4.79 Å². The van der Waals surface area contributed by atoms with Crippen LogP contribution in [0.5, 0.6) is 0 Å². The number of carbonyl (C=O) groups is 2. The van der Waals surface area contributed by atoms with E-state index in [2.05, 4.69) is 10.3 Å². The first kappa shape index (κ1) is 16.0. The monoisotopic (exact) mass is 343 g/mol. The number of aromatic carboxylic acids is 1. The number of pyridine rings is 1. The molecule has 2 heterocycles. The van der Waals surface area contributed by atoms with E-state index in [1.807, 2.05) is 0 Å². The van der Waals surface area contributed by atoms with Gasteiger partial charge in [-0.25, -0.2) is 9.78 Å². The van der Waals surface area contributed by atoms with Crippen LogP contribution < -0.4 is 5.32 Å². The molecule has 24 heavy (non-hydrogen) atoms. The lowest BCUT2D eigenvalue weighted by molar-refractivity contribution is -0.115. The number of imidazole rings is 1. The summed E-state index contributed by atoms with van der Waals surface area (Å²) in [4.78, 5) is 27.6. The fraction of sp³-hybridized carbons (Fsp3) is 0.118. The molecule has 0 unspecified atom stereocenters. The van der Waals surface area contributed by atoms with Crippen LogP contribution in [0.1, 0.15) is 21.6 Å². The smallest absolute Gasteiger partial charge is 0.335 e. The Morgan fingerprint density at radius 3 is 2.79 bits per heavy atom. The van der Waals surface area contributed by atoms with Gasteiger partial charge in [0.2, 0.25) is 5.91 Å². The zero-order chi connectivity index (χ0) is 17.3. The summed E-state index contributed by atoms with van der Waals surface area (Å²) < 4.78 is 1.75. The van der Waals surface area contributed by atoms with Crippen molar-refractivity contribution in [3.8, 4) is 0 Å². The van der Waals surface area contributed by atoms with E-state index >= 15 is 0 Å². The second kappa shape index (κ2) is 6.33. The number of amides is 1. The van der Waals surface area contributed by atoms with E-state index in [1.165, 1.54) is 12.1 Å². The summed E-state index contributed by atoms with van der Waals surface area (Å²) in [6, 6.07) is 8.10. The largest absolute Gasteiger partial charge is 0.478 e. The van der Waals surface area contributed by atoms with Crippen LogP contribution in [-0.2, 0) is 11.2 Å². The molecule has 1 aromatic carbocycles.